The van der Waals surface area contributed by atoms with Crippen LogP contribution in [0.5, 0.6) is 0 Å². The van der Waals surface area contributed by atoms with Crippen LogP contribution < -0.4 is 0 Å². The van der Waals surface area contributed by atoms with Crippen molar-refractivity contribution < 1.29 is 19.1 Å². The molecule has 0 amide bonds. The Morgan fingerprint density at radius 2 is 1.59 bits per heavy atom. The molecular weight excluding hydrogens is 220 g/mol. The zero-order valence-corrected chi connectivity index (χ0v) is 11.1. The maximum Gasteiger partial charge on any atom is 0.323 e. The highest BCUT2D eigenvalue weighted by atomic mass is 16.5. The highest BCUT2D eigenvalue weighted by Crippen LogP contribution is 2.33. The Morgan fingerprint density at radius 3 is 1.82 bits per heavy atom. The van der Waals surface area contributed by atoms with Crippen molar-refractivity contribution in [3.63, 3.8) is 0 Å². The highest BCUT2D eigenvalue weighted by Gasteiger charge is 2.48. The van der Waals surface area contributed by atoms with Gasteiger partial charge >= 0.3 is 11.9 Å². The van der Waals surface area contributed by atoms with Crippen molar-refractivity contribution in [2.24, 2.45) is 11.3 Å². The predicted octanol–water partition coefficient (Wildman–Crippen LogP) is 2.11. The summed E-state index contributed by atoms with van der Waals surface area (Å²) in [4.78, 5) is 23.6. The van der Waals surface area contributed by atoms with E-state index in [1.807, 2.05) is 13.8 Å². The van der Waals surface area contributed by atoms with Gasteiger partial charge in [-0.05, 0) is 20.8 Å². The van der Waals surface area contributed by atoms with Gasteiger partial charge in [-0.15, -0.1) is 6.58 Å². The minimum Gasteiger partial charge on any atom is -0.468 e. The number of hydrogen-bond acceptors (Lipinski definition) is 4. The van der Waals surface area contributed by atoms with Gasteiger partial charge in [0.05, 0.1) is 14.2 Å². The molecule has 0 N–H and O–H groups in total. The molecule has 0 bridgehead atoms. The normalized spacial score (nSPS) is 12.3. The molecule has 0 saturated heterocycles. The Hall–Kier alpha value is -1.58. The van der Waals surface area contributed by atoms with Gasteiger partial charge in [-0.2, -0.15) is 0 Å². The van der Waals surface area contributed by atoms with Crippen LogP contribution in [-0.4, -0.2) is 26.2 Å². The maximum atomic E-state index is 11.8. The van der Waals surface area contributed by atoms with Gasteiger partial charge in [-0.3, -0.25) is 9.59 Å². The van der Waals surface area contributed by atoms with Crippen molar-refractivity contribution in [3.8, 4) is 0 Å². The van der Waals surface area contributed by atoms with Crippen LogP contribution in [-0.2, 0) is 19.1 Å². The Bertz CT molecular complexity index is 321. The zero-order valence-electron chi connectivity index (χ0n) is 11.1. The lowest BCUT2D eigenvalue weighted by atomic mass is 9.76. The van der Waals surface area contributed by atoms with Crippen LogP contribution in [0.1, 0.15) is 20.8 Å². The van der Waals surface area contributed by atoms with Gasteiger partial charge in [-0.25, -0.2) is 0 Å². The van der Waals surface area contributed by atoms with Crippen LogP contribution in [0.4, 0.5) is 0 Å². The summed E-state index contributed by atoms with van der Waals surface area (Å²) in [6, 6.07) is 0. The van der Waals surface area contributed by atoms with Crippen molar-refractivity contribution in [2.45, 2.75) is 20.8 Å². The van der Waals surface area contributed by atoms with Crippen LogP contribution in [0.25, 0.3) is 0 Å². The summed E-state index contributed by atoms with van der Waals surface area (Å²) in [5.74, 6) is -1.73. The number of ether oxygens (including phenoxy) is 2. The second-order valence-electron chi connectivity index (χ2n) is 4.19. The fourth-order valence-electron chi connectivity index (χ4n) is 1.61. The first kappa shape index (κ1) is 15.4. The Kier molecular flexibility index (Phi) is 5.65. The van der Waals surface area contributed by atoms with Crippen LogP contribution in [0.2, 0.25) is 0 Å². The molecule has 0 saturated carbocycles. The largest absolute Gasteiger partial charge is 0.468 e. The summed E-state index contributed by atoms with van der Waals surface area (Å²) in [5.41, 5.74) is -0.420. The molecule has 96 valence electrons. The highest BCUT2D eigenvalue weighted by molar-refractivity contribution is 6.00. The molecule has 0 fully saturated rings. The summed E-state index contributed by atoms with van der Waals surface area (Å²) < 4.78 is 9.37. The minimum absolute atomic E-state index is 0.465. The van der Waals surface area contributed by atoms with E-state index in [0.29, 0.717) is 0 Å². The van der Waals surface area contributed by atoms with E-state index >= 15 is 0 Å². The molecule has 4 nitrogen and oxygen atoms in total. The fourth-order valence-corrected chi connectivity index (χ4v) is 1.61. The Labute approximate surface area is 102 Å². The molecule has 0 aromatic rings. The molecule has 0 aliphatic carbocycles. The van der Waals surface area contributed by atoms with E-state index in [9.17, 15) is 9.59 Å². The van der Waals surface area contributed by atoms with Gasteiger partial charge in [-0.1, -0.05) is 17.7 Å². The average molecular weight is 240 g/mol. The van der Waals surface area contributed by atoms with E-state index in [0.717, 1.165) is 5.57 Å². The van der Waals surface area contributed by atoms with Gasteiger partial charge in [0.2, 0.25) is 0 Å². The quantitative estimate of drug-likeness (QED) is 0.419. The number of allylic oxidation sites excluding steroid dienone is 3. The van der Waals surface area contributed by atoms with Crippen molar-refractivity contribution in [2.75, 3.05) is 14.2 Å². The van der Waals surface area contributed by atoms with E-state index in [2.05, 4.69) is 16.1 Å². The van der Waals surface area contributed by atoms with Gasteiger partial charge < -0.3 is 9.47 Å². The third-order valence-corrected chi connectivity index (χ3v) is 2.65. The number of rotatable bonds is 5. The molecule has 0 radical (unpaired) electrons. The maximum absolute atomic E-state index is 11.8. The third kappa shape index (κ3) is 3.19. The summed E-state index contributed by atoms with van der Waals surface area (Å²) in [5, 5.41) is 0. The monoisotopic (exact) mass is 240 g/mol. The van der Waals surface area contributed by atoms with Gasteiger partial charge in [0.15, 0.2) is 5.41 Å². The minimum atomic E-state index is -1.40. The lowest BCUT2D eigenvalue weighted by Crippen LogP contribution is -2.43. The summed E-state index contributed by atoms with van der Waals surface area (Å²) in [6.07, 6.45) is 3.34. The third-order valence-electron chi connectivity index (χ3n) is 2.65. The first-order valence-corrected chi connectivity index (χ1v) is 5.29. The van der Waals surface area contributed by atoms with Crippen molar-refractivity contribution in [1.82, 2.24) is 0 Å². The molecule has 0 aromatic carbocycles. The molecule has 1 unspecified atom stereocenters. The van der Waals surface area contributed by atoms with E-state index in [4.69, 9.17) is 0 Å². The molecule has 0 aliphatic rings. The molecule has 0 aromatic heterocycles. The standard InChI is InChI=1S/C13H20O4/c1-7-10(8-9(2)3)13(4,11(14)16-5)12(15)17-6/h7-8,10H,1H2,2-6H3. The SMILES string of the molecule is C=CC(C=C(C)C)C(C)(C(=O)OC)C(=O)OC. The number of esters is 2. The second kappa shape index (κ2) is 6.23. The smallest absolute Gasteiger partial charge is 0.323 e. The predicted molar refractivity (Wildman–Crippen MR) is 65.3 cm³/mol. The van der Waals surface area contributed by atoms with Crippen molar-refractivity contribution in [1.29, 1.82) is 0 Å². The van der Waals surface area contributed by atoms with Crippen LogP contribution in [0, 0.1) is 11.3 Å². The van der Waals surface area contributed by atoms with Gasteiger partial charge in [0.25, 0.3) is 0 Å². The molecular formula is C13H20O4. The Morgan fingerprint density at radius 1 is 1.18 bits per heavy atom. The van der Waals surface area contributed by atoms with Crippen LogP contribution >= 0.6 is 0 Å². The number of methoxy groups -OCH3 is 2. The average Bonchev–Trinajstić information content (AvgIpc) is 2.32. The summed E-state index contributed by atoms with van der Waals surface area (Å²) in [7, 11) is 2.48. The first-order valence-electron chi connectivity index (χ1n) is 5.29. The van der Waals surface area contributed by atoms with E-state index < -0.39 is 23.3 Å². The fraction of sp³-hybridized carbons (Fsp3) is 0.538. The van der Waals surface area contributed by atoms with Gasteiger partial charge in [0, 0.05) is 5.92 Å². The van der Waals surface area contributed by atoms with E-state index in [-0.39, 0.29) is 0 Å². The number of carbonyl (C=O) groups excluding carboxylic acids is 2. The van der Waals surface area contributed by atoms with E-state index in [1.165, 1.54) is 21.1 Å². The molecule has 1 atom stereocenters. The molecule has 4 heteroatoms. The number of carbonyl (C=O) groups is 2. The van der Waals surface area contributed by atoms with Crippen LogP contribution in [0.3, 0.4) is 0 Å². The molecule has 17 heavy (non-hydrogen) atoms. The van der Waals surface area contributed by atoms with Crippen molar-refractivity contribution >= 4 is 11.9 Å². The number of hydrogen-bond donors (Lipinski definition) is 0. The van der Waals surface area contributed by atoms with Crippen molar-refractivity contribution in [3.05, 3.63) is 24.3 Å². The topological polar surface area (TPSA) is 52.6 Å². The lowest BCUT2D eigenvalue weighted by molar-refractivity contribution is -0.169. The molecule has 0 aliphatic heterocycles. The molecule has 0 heterocycles. The molecule has 0 spiro atoms. The first-order chi connectivity index (χ1) is 7.84. The van der Waals surface area contributed by atoms with Crippen LogP contribution in [0.15, 0.2) is 24.3 Å². The Balaban J connectivity index is 5.58. The summed E-state index contributed by atoms with van der Waals surface area (Å²) in [6.45, 7) is 8.91. The zero-order chi connectivity index (χ0) is 13.6. The van der Waals surface area contributed by atoms with Gasteiger partial charge in [0.1, 0.15) is 0 Å². The van der Waals surface area contributed by atoms with E-state index in [1.54, 1.807) is 12.2 Å². The summed E-state index contributed by atoms with van der Waals surface area (Å²) >= 11 is 0. The molecule has 0 rings (SSSR count). The second-order valence-corrected chi connectivity index (χ2v) is 4.19. The lowest BCUT2D eigenvalue weighted by Gasteiger charge is -2.28.